The summed E-state index contributed by atoms with van der Waals surface area (Å²) in [6.45, 7) is 4.94. The topological polar surface area (TPSA) is 86.7 Å². The summed E-state index contributed by atoms with van der Waals surface area (Å²) in [5.41, 5.74) is 1.08. The van der Waals surface area contributed by atoms with Crippen LogP contribution in [0.2, 0.25) is 0 Å². The summed E-state index contributed by atoms with van der Waals surface area (Å²) in [4.78, 5) is 12.8. The van der Waals surface area contributed by atoms with Gasteiger partial charge in [0.15, 0.2) is 5.25 Å². The number of nitrogens with zero attached hydrogens (tertiary/aromatic N) is 1. The van der Waals surface area contributed by atoms with Crippen molar-refractivity contribution in [3.05, 3.63) is 30.3 Å². The molecular weight excluding hydrogens is 292 g/mol. The largest absolute Gasteiger partial charge is 0.480 e. The summed E-state index contributed by atoms with van der Waals surface area (Å²) in [5, 5.41) is 7.29. The van der Waals surface area contributed by atoms with Crippen molar-refractivity contribution >= 4 is 21.7 Å². The Labute approximate surface area is 125 Å². The third-order valence-corrected chi connectivity index (χ3v) is 4.96. The lowest BCUT2D eigenvalue weighted by Gasteiger charge is -2.23. The summed E-state index contributed by atoms with van der Waals surface area (Å²) in [6, 6.07) is 9.85. The fourth-order valence-electron chi connectivity index (χ4n) is 1.85. The van der Waals surface area contributed by atoms with Gasteiger partial charge in [0, 0.05) is 25.3 Å². The number of nitrogens with one attached hydrogen (secondary N) is 1. The number of hydrogen-bond donors (Lipinski definition) is 2. The standard InChI is InChI=1S/C14H22N2O4S/c1-3-16(13-8-5-4-6-9-13)11-7-10-15-21(19,20)12(2)14(17)18/h4-6,8-9,12,15H,3,7,10-11H2,1-2H3,(H,17,18). The number of sulfonamides is 1. The van der Waals surface area contributed by atoms with Gasteiger partial charge in [0.1, 0.15) is 0 Å². The Morgan fingerprint density at radius 3 is 2.48 bits per heavy atom. The monoisotopic (exact) mass is 314 g/mol. The van der Waals surface area contributed by atoms with E-state index in [2.05, 4.69) is 9.62 Å². The quantitative estimate of drug-likeness (QED) is 0.671. The van der Waals surface area contributed by atoms with E-state index >= 15 is 0 Å². The molecular formula is C14H22N2O4S. The summed E-state index contributed by atoms with van der Waals surface area (Å²) in [5.74, 6) is -1.35. The molecule has 0 spiro atoms. The number of rotatable bonds is 9. The van der Waals surface area contributed by atoms with E-state index in [1.165, 1.54) is 0 Å². The molecule has 1 atom stereocenters. The molecule has 0 aromatic heterocycles. The van der Waals surface area contributed by atoms with Crippen LogP contribution in [0.1, 0.15) is 20.3 Å². The maximum atomic E-state index is 11.7. The number of benzene rings is 1. The van der Waals surface area contributed by atoms with Crippen LogP contribution in [0.3, 0.4) is 0 Å². The molecule has 118 valence electrons. The Bertz CT molecular complexity index is 545. The van der Waals surface area contributed by atoms with E-state index in [9.17, 15) is 13.2 Å². The van der Waals surface area contributed by atoms with Crippen LogP contribution in [0.25, 0.3) is 0 Å². The van der Waals surface area contributed by atoms with E-state index in [0.717, 1.165) is 19.2 Å². The van der Waals surface area contributed by atoms with E-state index < -0.39 is 21.2 Å². The molecule has 0 saturated carbocycles. The normalized spacial score (nSPS) is 12.9. The first kappa shape index (κ1) is 17.5. The van der Waals surface area contributed by atoms with Gasteiger partial charge in [-0.25, -0.2) is 13.1 Å². The molecule has 0 saturated heterocycles. The van der Waals surface area contributed by atoms with E-state index in [4.69, 9.17) is 5.11 Å². The second-order valence-electron chi connectivity index (χ2n) is 4.69. The molecule has 1 rings (SSSR count). The fourth-order valence-corrected chi connectivity index (χ4v) is 2.79. The fraction of sp³-hybridized carbons (Fsp3) is 0.500. The number of carboxylic acids is 1. The Hall–Kier alpha value is -1.60. The minimum absolute atomic E-state index is 0.225. The van der Waals surface area contributed by atoms with Crippen molar-refractivity contribution in [2.75, 3.05) is 24.5 Å². The molecule has 1 unspecified atom stereocenters. The lowest BCUT2D eigenvalue weighted by atomic mass is 10.2. The number of carbonyl (C=O) groups is 1. The van der Waals surface area contributed by atoms with Crippen LogP contribution < -0.4 is 9.62 Å². The number of anilines is 1. The Morgan fingerprint density at radius 1 is 1.33 bits per heavy atom. The Morgan fingerprint density at radius 2 is 1.95 bits per heavy atom. The van der Waals surface area contributed by atoms with Crippen LogP contribution in [0, 0.1) is 0 Å². The highest BCUT2D eigenvalue weighted by atomic mass is 32.2. The van der Waals surface area contributed by atoms with E-state index in [0.29, 0.717) is 13.0 Å². The van der Waals surface area contributed by atoms with Crippen LogP contribution >= 0.6 is 0 Å². The number of aliphatic carboxylic acids is 1. The first-order valence-electron chi connectivity index (χ1n) is 6.89. The van der Waals surface area contributed by atoms with Crippen molar-refractivity contribution in [3.63, 3.8) is 0 Å². The second kappa shape index (κ2) is 7.99. The highest BCUT2D eigenvalue weighted by molar-refractivity contribution is 7.90. The summed E-state index contributed by atoms with van der Waals surface area (Å²) in [7, 11) is -3.80. The molecule has 0 aliphatic rings. The van der Waals surface area contributed by atoms with Crippen molar-refractivity contribution in [2.24, 2.45) is 0 Å². The molecule has 6 nitrogen and oxygen atoms in total. The van der Waals surface area contributed by atoms with Crippen LogP contribution in [0.4, 0.5) is 5.69 Å². The maximum Gasteiger partial charge on any atom is 0.323 e. The summed E-state index contributed by atoms with van der Waals surface area (Å²) in [6.07, 6.45) is 0.605. The van der Waals surface area contributed by atoms with Crippen LogP contribution in [-0.4, -0.2) is 44.4 Å². The van der Waals surface area contributed by atoms with Crippen molar-refractivity contribution in [2.45, 2.75) is 25.5 Å². The molecule has 0 fully saturated rings. The van der Waals surface area contributed by atoms with Crippen molar-refractivity contribution in [1.82, 2.24) is 4.72 Å². The SMILES string of the molecule is CCN(CCCNS(=O)(=O)C(C)C(=O)O)c1ccccc1. The molecule has 2 N–H and O–H groups in total. The van der Waals surface area contributed by atoms with Crippen molar-refractivity contribution in [3.8, 4) is 0 Å². The summed E-state index contributed by atoms with van der Waals surface area (Å²) < 4.78 is 25.6. The first-order chi connectivity index (χ1) is 9.88. The minimum atomic E-state index is -3.80. The zero-order valence-corrected chi connectivity index (χ0v) is 13.1. The lowest BCUT2D eigenvalue weighted by molar-refractivity contribution is -0.136. The average molecular weight is 314 g/mol. The van der Waals surface area contributed by atoms with Gasteiger partial charge in [0.2, 0.25) is 10.0 Å². The minimum Gasteiger partial charge on any atom is -0.480 e. The number of carboxylic acid groups (broad SMARTS) is 1. The molecule has 1 aromatic carbocycles. The van der Waals surface area contributed by atoms with Gasteiger partial charge in [0.05, 0.1) is 0 Å². The third-order valence-electron chi connectivity index (χ3n) is 3.22. The van der Waals surface area contributed by atoms with E-state index in [1.54, 1.807) is 0 Å². The Kier molecular flexibility index (Phi) is 6.64. The molecule has 0 bridgehead atoms. The molecule has 21 heavy (non-hydrogen) atoms. The molecule has 0 radical (unpaired) electrons. The first-order valence-corrected chi connectivity index (χ1v) is 8.44. The van der Waals surface area contributed by atoms with E-state index in [-0.39, 0.29) is 6.54 Å². The van der Waals surface area contributed by atoms with Crippen LogP contribution in [-0.2, 0) is 14.8 Å². The van der Waals surface area contributed by atoms with Gasteiger partial charge in [-0.1, -0.05) is 18.2 Å². The third kappa shape index (κ3) is 5.35. The highest BCUT2D eigenvalue weighted by Crippen LogP contribution is 2.12. The van der Waals surface area contributed by atoms with Gasteiger partial charge >= 0.3 is 5.97 Å². The van der Waals surface area contributed by atoms with Crippen molar-refractivity contribution in [1.29, 1.82) is 0 Å². The molecule has 7 heteroatoms. The molecule has 0 aliphatic carbocycles. The zero-order chi connectivity index (χ0) is 15.9. The predicted octanol–water partition coefficient (Wildman–Crippen LogP) is 1.30. The van der Waals surface area contributed by atoms with Gasteiger partial charge in [-0.05, 0) is 32.4 Å². The second-order valence-corrected chi connectivity index (χ2v) is 6.77. The van der Waals surface area contributed by atoms with Gasteiger partial charge < -0.3 is 10.0 Å². The van der Waals surface area contributed by atoms with Crippen LogP contribution in [0.15, 0.2) is 30.3 Å². The average Bonchev–Trinajstić information content (AvgIpc) is 2.47. The molecule has 0 amide bonds. The van der Waals surface area contributed by atoms with Gasteiger partial charge in [-0.2, -0.15) is 0 Å². The van der Waals surface area contributed by atoms with Gasteiger partial charge in [0.25, 0.3) is 0 Å². The molecule has 1 aromatic rings. The Balaban J connectivity index is 2.45. The maximum absolute atomic E-state index is 11.7. The number of hydrogen-bond acceptors (Lipinski definition) is 4. The highest BCUT2D eigenvalue weighted by Gasteiger charge is 2.26. The van der Waals surface area contributed by atoms with Crippen LogP contribution in [0.5, 0.6) is 0 Å². The van der Waals surface area contributed by atoms with Gasteiger partial charge in [-0.3, -0.25) is 4.79 Å². The smallest absolute Gasteiger partial charge is 0.323 e. The van der Waals surface area contributed by atoms with Gasteiger partial charge in [-0.15, -0.1) is 0 Å². The lowest BCUT2D eigenvalue weighted by Crippen LogP contribution is -2.38. The molecule has 0 aliphatic heterocycles. The number of para-hydroxylation sites is 1. The van der Waals surface area contributed by atoms with E-state index in [1.807, 2.05) is 37.3 Å². The zero-order valence-electron chi connectivity index (χ0n) is 12.3. The molecule has 0 heterocycles. The van der Waals surface area contributed by atoms with Crippen molar-refractivity contribution < 1.29 is 18.3 Å². The summed E-state index contributed by atoms with van der Waals surface area (Å²) >= 11 is 0. The predicted molar refractivity (Wildman–Crippen MR) is 83.0 cm³/mol.